The van der Waals surface area contributed by atoms with Gasteiger partial charge in [0.05, 0.1) is 0 Å². The molecule has 7 heteroatoms. The fraction of sp³-hybridized carbons (Fsp3) is 0.538. The molecule has 2 rings (SSSR count). The van der Waals surface area contributed by atoms with E-state index in [0.29, 0.717) is 5.92 Å². The minimum atomic E-state index is -3.90. The molecule has 20 heavy (non-hydrogen) atoms. The van der Waals surface area contributed by atoms with Crippen molar-refractivity contribution in [3.05, 3.63) is 28.5 Å². The summed E-state index contributed by atoms with van der Waals surface area (Å²) in [6.45, 7) is 2.01. The zero-order valence-electron chi connectivity index (χ0n) is 11.4. The van der Waals surface area contributed by atoms with E-state index in [1.807, 2.05) is 0 Å². The predicted molar refractivity (Wildman–Crippen MR) is 76.7 cm³/mol. The highest BCUT2D eigenvalue weighted by Gasteiger charge is 2.32. The lowest BCUT2D eigenvalue weighted by Crippen LogP contribution is -2.34. The summed E-state index contributed by atoms with van der Waals surface area (Å²) >= 11 is 5.89. The number of rotatable bonds is 6. The van der Waals surface area contributed by atoms with Gasteiger partial charge in [0.15, 0.2) is 0 Å². The Hall–Kier alpha value is -0.690. The van der Waals surface area contributed by atoms with Crippen molar-refractivity contribution < 1.29 is 12.8 Å². The second-order valence-electron chi connectivity index (χ2n) is 5.15. The fourth-order valence-corrected chi connectivity index (χ4v) is 3.90. The maximum atomic E-state index is 14.3. The van der Waals surface area contributed by atoms with Gasteiger partial charge >= 0.3 is 0 Å². The molecular formula is C13H18ClFN2O2S. The van der Waals surface area contributed by atoms with E-state index in [0.717, 1.165) is 18.9 Å². The molecule has 1 aromatic carbocycles. The molecule has 0 aromatic heterocycles. The van der Waals surface area contributed by atoms with Gasteiger partial charge < -0.3 is 5.32 Å². The lowest BCUT2D eigenvalue weighted by atomic mass is 10.2. The molecule has 4 nitrogen and oxygen atoms in total. The number of sulfonamides is 1. The van der Waals surface area contributed by atoms with Gasteiger partial charge in [0, 0.05) is 23.2 Å². The van der Waals surface area contributed by atoms with E-state index in [1.165, 1.54) is 6.07 Å². The normalized spacial score (nSPS) is 17.2. The Bertz CT molecular complexity index is 603. The van der Waals surface area contributed by atoms with Crippen molar-refractivity contribution >= 4 is 21.6 Å². The molecule has 0 saturated heterocycles. The van der Waals surface area contributed by atoms with Crippen LogP contribution in [0.5, 0.6) is 0 Å². The van der Waals surface area contributed by atoms with Crippen LogP contribution in [0.1, 0.15) is 25.3 Å². The van der Waals surface area contributed by atoms with Crippen molar-refractivity contribution in [3.8, 4) is 0 Å². The van der Waals surface area contributed by atoms with Crippen molar-refractivity contribution in [1.29, 1.82) is 0 Å². The van der Waals surface area contributed by atoms with E-state index in [-0.39, 0.29) is 28.1 Å². The minimum absolute atomic E-state index is 0.189. The molecule has 1 fully saturated rings. The average molecular weight is 321 g/mol. The van der Waals surface area contributed by atoms with Crippen LogP contribution in [0.3, 0.4) is 0 Å². The molecule has 1 atom stereocenters. The van der Waals surface area contributed by atoms with Gasteiger partial charge in [-0.1, -0.05) is 11.6 Å². The molecule has 112 valence electrons. The van der Waals surface area contributed by atoms with Crippen LogP contribution in [-0.4, -0.2) is 21.5 Å². The van der Waals surface area contributed by atoms with Crippen LogP contribution in [-0.2, 0) is 16.6 Å². The Morgan fingerprint density at radius 3 is 2.65 bits per heavy atom. The molecule has 0 spiro atoms. The molecule has 1 aliphatic carbocycles. The number of nitrogens with one attached hydrogen (secondary N) is 2. The molecule has 0 aliphatic heterocycles. The molecule has 0 bridgehead atoms. The first-order valence-electron chi connectivity index (χ1n) is 6.50. The van der Waals surface area contributed by atoms with Crippen LogP contribution in [0, 0.1) is 11.7 Å². The van der Waals surface area contributed by atoms with E-state index in [4.69, 9.17) is 11.6 Å². The van der Waals surface area contributed by atoms with Crippen molar-refractivity contribution in [3.63, 3.8) is 0 Å². The third kappa shape index (κ3) is 3.49. The summed E-state index contributed by atoms with van der Waals surface area (Å²) in [6, 6.07) is 2.39. The summed E-state index contributed by atoms with van der Waals surface area (Å²) in [5.74, 6) is -0.400. The van der Waals surface area contributed by atoms with E-state index >= 15 is 0 Å². The van der Waals surface area contributed by atoms with Crippen LogP contribution in [0.15, 0.2) is 17.0 Å². The SMILES string of the molecule is CNCc1cc(Cl)cc(S(=O)(=O)NC(C)C2CC2)c1F. The smallest absolute Gasteiger partial charge is 0.243 e. The summed E-state index contributed by atoms with van der Waals surface area (Å²) in [4.78, 5) is -0.386. The number of hydrogen-bond acceptors (Lipinski definition) is 3. The largest absolute Gasteiger partial charge is 0.316 e. The molecule has 0 amide bonds. The van der Waals surface area contributed by atoms with Gasteiger partial charge in [0.25, 0.3) is 0 Å². The lowest BCUT2D eigenvalue weighted by molar-refractivity contribution is 0.522. The molecular weight excluding hydrogens is 303 g/mol. The Kier molecular flexibility index (Phi) is 4.69. The van der Waals surface area contributed by atoms with Crippen molar-refractivity contribution in [1.82, 2.24) is 10.0 Å². The molecule has 0 radical (unpaired) electrons. The molecule has 1 aromatic rings. The number of benzene rings is 1. The van der Waals surface area contributed by atoms with Gasteiger partial charge in [0.2, 0.25) is 10.0 Å². The summed E-state index contributed by atoms with van der Waals surface area (Å²) in [7, 11) is -2.24. The molecule has 0 heterocycles. The van der Waals surface area contributed by atoms with Crippen LogP contribution in [0.25, 0.3) is 0 Å². The van der Waals surface area contributed by atoms with Crippen molar-refractivity contribution in [2.75, 3.05) is 7.05 Å². The van der Waals surface area contributed by atoms with Crippen LogP contribution in [0.4, 0.5) is 4.39 Å². The monoisotopic (exact) mass is 320 g/mol. The van der Waals surface area contributed by atoms with Gasteiger partial charge in [-0.05, 0) is 44.9 Å². The maximum Gasteiger partial charge on any atom is 0.243 e. The Morgan fingerprint density at radius 1 is 1.45 bits per heavy atom. The van der Waals surface area contributed by atoms with Crippen LogP contribution < -0.4 is 10.0 Å². The first-order valence-corrected chi connectivity index (χ1v) is 8.36. The number of hydrogen-bond donors (Lipinski definition) is 2. The van der Waals surface area contributed by atoms with E-state index in [1.54, 1.807) is 14.0 Å². The van der Waals surface area contributed by atoms with E-state index in [2.05, 4.69) is 10.0 Å². The summed E-state index contributed by atoms with van der Waals surface area (Å²) in [5, 5.41) is 2.99. The average Bonchev–Trinajstić information content (AvgIpc) is 3.17. The van der Waals surface area contributed by atoms with Crippen LogP contribution >= 0.6 is 11.6 Å². The van der Waals surface area contributed by atoms with Gasteiger partial charge in [-0.2, -0.15) is 0 Å². The van der Waals surface area contributed by atoms with Gasteiger partial charge in [-0.25, -0.2) is 17.5 Å². The van der Waals surface area contributed by atoms with Crippen molar-refractivity contribution in [2.45, 2.75) is 37.2 Å². The zero-order valence-corrected chi connectivity index (χ0v) is 13.0. The molecule has 1 aliphatic rings. The number of halogens is 2. The second kappa shape index (κ2) is 5.97. The van der Waals surface area contributed by atoms with Gasteiger partial charge in [0.1, 0.15) is 10.7 Å². The quantitative estimate of drug-likeness (QED) is 0.845. The maximum absolute atomic E-state index is 14.3. The summed E-state index contributed by atoms with van der Waals surface area (Å²) < 4.78 is 41.4. The fourth-order valence-electron chi connectivity index (χ4n) is 2.13. The molecule has 1 saturated carbocycles. The lowest BCUT2D eigenvalue weighted by Gasteiger charge is -2.15. The second-order valence-corrected chi connectivity index (χ2v) is 7.27. The highest BCUT2D eigenvalue weighted by molar-refractivity contribution is 7.89. The molecule has 1 unspecified atom stereocenters. The van der Waals surface area contributed by atoms with E-state index in [9.17, 15) is 12.8 Å². The first kappa shape index (κ1) is 15.7. The van der Waals surface area contributed by atoms with Crippen LogP contribution in [0.2, 0.25) is 5.02 Å². The first-order chi connectivity index (χ1) is 9.35. The summed E-state index contributed by atoms with van der Waals surface area (Å²) in [5.41, 5.74) is 0.236. The Labute approximate surface area is 123 Å². The zero-order chi connectivity index (χ0) is 14.9. The Morgan fingerprint density at radius 2 is 2.10 bits per heavy atom. The third-order valence-electron chi connectivity index (χ3n) is 3.41. The topological polar surface area (TPSA) is 58.2 Å². The standard InChI is InChI=1S/C13H18ClFN2O2S/c1-8(9-3-4-9)17-20(18,19)12-6-11(14)5-10(7-16-2)13(12)15/h5-6,8-9,16-17H,3-4,7H2,1-2H3. The van der Waals surface area contributed by atoms with Gasteiger partial charge in [-0.15, -0.1) is 0 Å². The predicted octanol–water partition coefficient (Wildman–Crippen LogP) is 2.28. The van der Waals surface area contributed by atoms with Crippen molar-refractivity contribution in [2.24, 2.45) is 5.92 Å². The van der Waals surface area contributed by atoms with E-state index < -0.39 is 15.8 Å². The minimum Gasteiger partial charge on any atom is -0.316 e. The van der Waals surface area contributed by atoms with Gasteiger partial charge in [-0.3, -0.25) is 0 Å². The highest BCUT2D eigenvalue weighted by atomic mass is 35.5. The summed E-state index contributed by atoms with van der Waals surface area (Å²) in [6.07, 6.45) is 2.01. The third-order valence-corrected chi connectivity index (χ3v) is 5.18. The Balaban J connectivity index is 2.34. The molecule has 2 N–H and O–H groups in total. The highest BCUT2D eigenvalue weighted by Crippen LogP contribution is 2.33.